The fourth-order valence-corrected chi connectivity index (χ4v) is 1.77. The van der Waals surface area contributed by atoms with Crippen molar-refractivity contribution in [1.82, 2.24) is 4.98 Å². The molecule has 0 fully saturated rings. The van der Waals surface area contributed by atoms with E-state index < -0.39 is 0 Å². The third-order valence-electron chi connectivity index (χ3n) is 2.43. The Labute approximate surface area is 112 Å². The number of hydrogen-bond donors (Lipinski definition) is 2. The summed E-state index contributed by atoms with van der Waals surface area (Å²) in [5, 5.41) is 6.71. The van der Waals surface area contributed by atoms with Crippen LogP contribution in [-0.2, 0) is 0 Å². The molecule has 0 spiro atoms. The Bertz CT molecular complexity index is 549. The molecule has 18 heavy (non-hydrogen) atoms. The number of hydrogen-bond acceptors (Lipinski definition) is 2. The van der Waals surface area contributed by atoms with Gasteiger partial charge < -0.3 is 10.6 Å². The number of nitrogens with one attached hydrogen (secondary N) is 2. The number of anilines is 2. The monoisotopic (exact) mass is 257 g/mol. The van der Waals surface area contributed by atoms with Crippen LogP contribution in [0.3, 0.4) is 0 Å². The first-order chi connectivity index (χ1) is 8.63. The Balaban J connectivity index is 1.98. The summed E-state index contributed by atoms with van der Waals surface area (Å²) in [6.45, 7) is 4.04. The third-order valence-corrected chi connectivity index (χ3v) is 2.63. The highest BCUT2D eigenvalue weighted by Crippen LogP contribution is 2.10. The second kappa shape index (κ2) is 5.60. The molecule has 0 radical (unpaired) electrons. The van der Waals surface area contributed by atoms with E-state index in [0.717, 1.165) is 17.1 Å². The molecule has 0 aliphatic heterocycles. The predicted molar refractivity (Wildman–Crippen MR) is 80.0 cm³/mol. The fourth-order valence-electron chi connectivity index (χ4n) is 1.54. The smallest absolute Gasteiger partial charge is 0.176 e. The topological polar surface area (TPSA) is 37.0 Å². The summed E-state index contributed by atoms with van der Waals surface area (Å²) in [6.07, 6.45) is 1.80. The molecule has 2 rings (SSSR count). The highest BCUT2D eigenvalue weighted by molar-refractivity contribution is 7.80. The minimum Gasteiger partial charge on any atom is -0.332 e. The second-order valence-corrected chi connectivity index (χ2v) is 4.58. The summed E-state index contributed by atoms with van der Waals surface area (Å²) < 4.78 is 0. The van der Waals surface area contributed by atoms with Crippen LogP contribution < -0.4 is 10.6 Å². The van der Waals surface area contributed by atoms with Crippen molar-refractivity contribution in [2.45, 2.75) is 13.8 Å². The molecule has 2 N–H and O–H groups in total. The van der Waals surface area contributed by atoms with Gasteiger partial charge in [0, 0.05) is 11.9 Å². The standard InChI is InChI=1S/C14H15N3S/c1-10-4-3-5-12(8-10)16-14(18)17-13-7-6-11(2)9-15-13/h3-9H,1-2H3,(H2,15,16,17,18). The number of nitrogens with zero attached hydrogens (tertiary/aromatic N) is 1. The zero-order valence-corrected chi connectivity index (χ0v) is 11.2. The van der Waals surface area contributed by atoms with Crippen molar-refractivity contribution in [3.05, 3.63) is 53.7 Å². The van der Waals surface area contributed by atoms with Crippen molar-refractivity contribution < 1.29 is 0 Å². The number of rotatable bonds is 2. The number of aromatic nitrogens is 1. The van der Waals surface area contributed by atoms with Crippen LogP contribution in [0.1, 0.15) is 11.1 Å². The van der Waals surface area contributed by atoms with Crippen LogP contribution in [-0.4, -0.2) is 10.1 Å². The molecule has 0 bridgehead atoms. The highest BCUT2D eigenvalue weighted by Gasteiger charge is 1.99. The number of benzene rings is 1. The van der Waals surface area contributed by atoms with Crippen LogP contribution in [0.15, 0.2) is 42.6 Å². The zero-order valence-electron chi connectivity index (χ0n) is 10.4. The van der Waals surface area contributed by atoms with Crippen molar-refractivity contribution in [2.24, 2.45) is 0 Å². The molecule has 0 atom stereocenters. The van der Waals surface area contributed by atoms with E-state index in [2.05, 4.69) is 15.6 Å². The first-order valence-corrected chi connectivity index (χ1v) is 6.11. The maximum absolute atomic E-state index is 5.23. The Morgan fingerprint density at radius 2 is 1.89 bits per heavy atom. The molecule has 92 valence electrons. The minimum absolute atomic E-state index is 0.539. The van der Waals surface area contributed by atoms with Crippen LogP contribution in [0.5, 0.6) is 0 Å². The molecule has 0 unspecified atom stereocenters. The SMILES string of the molecule is Cc1ccc(NC(=S)Nc2cccc(C)c2)nc1. The van der Waals surface area contributed by atoms with Crippen LogP contribution >= 0.6 is 12.2 Å². The van der Waals surface area contributed by atoms with Gasteiger partial charge >= 0.3 is 0 Å². The van der Waals surface area contributed by atoms with Gasteiger partial charge in [-0.2, -0.15) is 0 Å². The minimum atomic E-state index is 0.539. The van der Waals surface area contributed by atoms with Crippen LogP contribution in [0.25, 0.3) is 0 Å². The van der Waals surface area contributed by atoms with Gasteiger partial charge in [-0.15, -0.1) is 0 Å². The molecule has 4 heteroatoms. The van der Waals surface area contributed by atoms with Crippen molar-refractivity contribution >= 4 is 28.8 Å². The molecule has 0 aliphatic carbocycles. The van der Waals surface area contributed by atoms with Gasteiger partial charge in [-0.05, 0) is 55.4 Å². The number of pyridine rings is 1. The Hall–Kier alpha value is -1.94. The summed E-state index contributed by atoms with van der Waals surface area (Å²) in [6, 6.07) is 11.9. The molecular weight excluding hydrogens is 242 g/mol. The largest absolute Gasteiger partial charge is 0.332 e. The molecule has 0 aliphatic rings. The molecule has 2 aromatic rings. The van der Waals surface area contributed by atoms with E-state index in [4.69, 9.17) is 12.2 Å². The molecular formula is C14H15N3S. The molecule has 3 nitrogen and oxygen atoms in total. The van der Waals surface area contributed by atoms with Gasteiger partial charge in [0.2, 0.25) is 0 Å². The van der Waals surface area contributed by atoms with E-state index >= 15 is 0 Å². The number of aryl methyl sites for hydroxylation is 2. The normalized spacial score (nSPS) is 9.89. The van der Waals surface area contributed by atoms with Crippen molar-refractivity contribution in [3.8, 4) is 0 Å². The van der Waals surface area contributed by atoms with E-state index in [-0.39, 0.29) is 0 Å². The molecule has 0 saturated carbocycles. The predicted octanol–water partition coefficient (Wildman–Crippen LogP) is 3.51. The Morgan fingerprint density at radius 3 is 2.56 bits per heavy atom. The highest BCUT2D eigenvalue weighted by atomic mass is 32.1. The van der Waals surface area contributed by atoms with E-state index in [9.17, 15) is 0 Å². The first kappa shape index (κ1) is 12.5. The van der Waals surface area contributed by atoms with Crippen molar-refractivity contribution in [2.75, 3.05) is 10.6 Å². The maximum atomic E-state index is 5.23. The van der Waals surface area contributed by atoms with Crippen LogP contribution in [0.2, 0.25) is 0 Å². The zero-order chi connectivity index (χ0) is 13.0. The molecule has 1 heterocycles. The Morgan fingerprint density at radius 1 is 1.06 bits per heavy atom. The van der Waals surface area contributed by atoms with Crippen molar-refractivity contribution in [3.63, 3.8) is 0 Å². The lowest BCUT2D eigenvalue weighted by molar-refractivity contribution is 1.27. The summed E-state index contributed by atoms with van der Waals surface area (Å²) in [4.78, 5) is 4.24. The average Bonchev–Trinajstić information content (AvgIpc) is 2.32. The van der Waals surface area contributed by atoms with E-state index in [1.807, 2.05) is 50.2 Å². The summed E-state index contributed by atoms with van der Waals surface area (Å²) in [5.74, 6) is 0.741. The van der Waals surface area contributed by atoms with E-state index in [0.29, 0.717) is 5.11 Å². The average molecular weight is 257 g/mol. The van der Waals surface area contributed by atoms with Gasteiger partial charge in [0.05, 0.1) is 0 Å². The van der Waals surface area contributed by atoms with Crippen LogP contribution in [0, 0.1) is 13.8 Å². The van der Waals surface area contributed by atoms with E-state index in [1.54, 1.807) is 6.20 Å². The second-order valence-electron chi connectivity index (χ2n) is 4.17. The van der Waals surface area contributed by atoms with Crippen molar-refractivity contribution in [1.29, 1.82) is 0 Å². The van der Waals surface area contributed by atoms with Gasteiger partial charge in [0.1, 0.15) is 5.82 Å². The summed E-state index contributed by atoms with van der Waals surface area (Å²) in [7, 11) is 0. The third kappa shape index (κ3) is 3.53. The van der Waals surface area contributed by atoms with Crippen LogP contribution in [0.4, 0.5) is 11.5 Å². The molecule has 1 aromatic carbocycles. The lowest BCUT2D eigenvalue weighted by Gasteiger charge is -2.10. The Kier molecular flexibility index (Phi) is 3.89. The molecule has 0 saturated heterocycles. The lowest BCUT2D eigenvalue weighted by atomic mass is 10.2. The van der Waals surface area contributed by atoms with Gasteiger partial charge in [0.25, 0.3) is 0 Å². The first-order valence-electron chi connectivity index (χ1n) is 5.71. The fraction of sp³-hybridized carbons (Fsp3) is 0.143. The van der Waals surface area contributed by atoms with Gasteiger partial charge in [-0.25, -0.2) is 4.98 Å². The summed E-state index contributed by atoms with van der Waals surface area (Å²) >= 11 is 5.23. The quantitative estimate of drug-likeness (QED) is 0.807. The lowest BCUT2D eigenvalue weighted by Crippen LogP contribution is -2.19. The van der Waals surface area contributed by atoms with Gasteiger partial charge in [-0.3, -0.25) is 0 Å². The maximum Gasteiger partial charge on any atom is 0.176 e. The summed E-state index contributed by atoms with van der Waals surface area (Å²) in [5.41, 5.74) is 3.29. The van der Waals surface area contributed by atoms with Gasteiger partial charge in [-0.1, -0.05) is 18.2 Å². The van der Waals surface area contributed by atoms with Gasteiger partial charge in [0.15, 0.2) is 5.11 Å². The molecule has 0 amide bonds. The van der Waals surface area contributed by atoms with E-state index in [1.165, 1.54) is 5.56 Å². The molecule has 1 aromatic heterocycles. The number of thiocarbonyl (C=S) groups is 1.